The van der Waals surface area contributed by atoms with Gasteiger partial charge in [0.1, 0.15) is 17.3 Å². The van der Waals surface area contributed by atoms with Gasteiger partial charge in [0.05, 0.1) is 5.69 Å². The van der Waals surface area contributed by atoms with Crippen molar-refractivity contribution in [3.05, 3.63) is 41.6 Å². The van der Waals surface area contributed by atoms with E-state index in [2.05, 4.69) is 46.5 Å². The van der Waals surface area contributed by atoms with Crippen molar-refractivity contribution in [2.45, 2.75) is 64.0 Å². The summed E-state index contributed by atoms with van der Waals surface area (Å²) in [5, 5.41) is 17.3. The number of rotatable bonds is 5. The first kappa shape index (κ1) is 19.0. The lowest BCUT2D eigenvalue weighted by molar-refractivity contribution is 0.375. The third-order valence-electron chi connectivity index (χ3n) is 4.67. The van der Waals surface area contributed by atoms with E-state index in [1.807, 2.05) is 30.3 Å². The van der Waals surface area contributed by atoms with Crippen LogP contribution in [0.25, 0.3) is 11.3 Å². The van der Waals surface area contributed by atoms with Crippen LogP contribution in [0.2, 0.25) is 0 Å². The molecule has 6 heteroatoms. The lowest BCUT2D eigenvalue weighted by Gasteiger charge is -2.29. The van der Waals surface area contributed by atoms with E-state index >= 15 is 0 Å². The Labute approximate surface area is 160 Å². The van der Waals surface area contributed by atoms with E-state index in [4.69, 9.17) is 0 Å². The molecule has 0 saturated heterocycles. The van der Waals surface area contributed by atoms with E-state index in [9.17, 15) is 5.26 Å². The van der Waals surface area contributed by atoms with Crippen LogP contribution in [0.1, 0.15) is 63.6 Å². The number of hydrogen-bond acceptors (Lipinski definition) is 5. The summed E-state index contributed by atoms with van der Waals surface area (Å²) in [5.41, 5.74) is 3.57. The molecule has 0 bridgehead atoms. The van der Waals surface area contributed by atoms with Gasteiger partial charge in [0.2, 0.25) is 0 Å². The Morgan fingerprint density at radius 3 is 2.46 bits per heavy atom. The molecule has 3 rings (SSSR count). The summed E-state index contributed by atoms with van der Waals surface area (Å²) in [6.45, 7) is 6.47. The molecule has 1 aliphatic carbocycles. The fraction of sp³-hybridized carbons (Fsp3) is 0.500. The number of aromatic amines is 1. The van der Waals surface area contributed by atoms with Gasteiger partial charge in [0.15, 0.2) is 0 Å². The van der Waals surface area contributed by atoms with E-state index < -0.39 is 0 Å². The molecule has 26 heavy (non-hydrogen) atoms. The molecule has 1 heterocycles. The maximum Gasteiger partial charge on any atom is 0.110 e. The summed E-state index contributed by atoms with van der Waals surface area (Å²) in [7, 11) is 0. The smallest absolute Gasteiger partial charge is 0.110 e. The Bertz CT molecular complexity index is 749. The second kappa shape index (κ2) is 8.26. The van der Waals surface area contributed by atoms with Gasteiger partial charge in [-0.1, -0.05) is 30.3 Å². The number of benzene rings is 1. The number of H-pyrrole nitrogens is 1. The maximum atomic E-state index is 9.69. The van der Waals surface area contributed by atoms with Crippen LogP contribution in [0.15, 0.2) is 30.3 Å². The third kappa shape index (κ3) is 4.67. The molecular weight excluding hydrogens is 342 g/mol. The van der Waals surface area contributed by atoms with Crippen molar-refractivity contribution < 1.29 is 0 Å². The highest BCUT2D eigenvalue weighted by molar-refractivity contribution is 7.95. The quantitative estimate of drug-likeness (QED) is 0.676. The highest BCUT2D eigenvalue weighted by atomic mass is 32.2. The molecule has 0 unspecified atom stereocenters. The number of aromatic nitrogens is 2. The lowest BCUT2D eigenvalue weighted by atomic mass is 9.83. The summed E-state index contributed by atoms with van der Waals surface area (Å²) in [4.78, 5) is 0. The van der Waals surface area contributed by atoms with Gasteiger partial charge in [0, 0.05) is 35.2 Å². The van der Waals surface area contributed by atoms with E-state index in [-0.39, 0.29) is 5.54 Å². The van der Waals surface area contributed by atoms with Crippen molar-refractivity contribution in [1.82, 2.24) is 19.6 Å². The Balaban J connectivity index is 1.62. The lowest BCUT2D eigenvalue weighted by Crippen LogP contribution is -2.36. The average molecular weight is 370 g/mol. The molecule has 1 aliphatic rings. The van der Waals surface area contributed by atoms with Crippen LogP contribution < -0.4 is 9.44 Å². The molecule has 1 aromatic heterocycles. The maximum absolute atomic E-state index is 9.69. The number of nitrogens with zero attached hydrogens (tertiary/aromatic N) is 2. The van der Waals surface area contributed by atoms with Crippen LogP contribution >= 0.6 is 12.1 Å². The van der Waals surface area contributed by atoms with Gasteiger partial charge in [0.25, 0.3) is 0 Å². The second-order valence-electron chi connectivity index (χ2n) is 7.96. The first-order valence-corrected chi connectivity index (χ1v) is 10.0. The molecule has 0 atom stereocenters. The van der Waals surface area contributed by atoms with Crippen molar-refractivity contribution in [2.24, 2.45) is 0 Å². The Hall–Kier alpha value is -1.81. The van der Waals surface area contributed by atoms with E-state index in [0.29, 0.717) is 17.5 Å². The van der Waals surface area contributed by atoms with Gasteiger partial charge in [-0.05, 0) is 46.5 Å². The summed E-state index contributed by atoms with van der Waals surface area (Å²) in [5.74, 6) is 0.383. The van der Waals surface area contributed by atoms with Crippen molar-refractivity contribution in [1.29, 1.82) is 5.26 Å². The van der Waals surface area contributed by atoms with Crippen LogP contribution in [-0.2, 0) is 0 Å². The summed E-state index contributed by atoms with van der Waals surface area (Å²) >= 11 is 1.60. The SMILES string of the molecule is CC(C)(C)NSNC1CCC(c2[nH]nc(-c3ccccc3)c2C#N)CC1. The van der Waals surface area contributed by atoms with Gasteiger partial charge >= 0.3 is 0 Å². The molecular formula is C20H27N5S. The van der Waals surface area contributed by atoms with Crippen LogP contribution in [-0.4, -0.2) is 21.8 Å². The van der Waals surface area contributed by atoms with Crippen molar-refractivity contribution in [2.75, 3.05) is 0 Å². The molecule has 3 N–H and O–H groups in total. The van der Waals surface area contributed by atoms with Crippen LogP contribution in [0, 0.1) is 11.3 Å². The molecule has 1 aromatic carbocycles. The number of nitrogens with one attached hydrogen (secondary N) is 3. The minimum absolute atomic E-state index is 0.0975. The number of hydrogen-bond donors (Lipinski definition) is 3. The zero-order valence-corrected chi connectivity index (χ0v) is 16.5. The average Bonchev–Trinajstić information content (AvgIpc) is 3.06. The van der Waals surface area contributed by atoms with E-state index in [1.54, 1.807) is 12.1 Å². The molecule has 0 radical (unpaired) electrons. The topological polar surface area (TPSA) is 76.5 Å². The molecule has 5 nitrogen and oxygen atoms in total. The van der Waals surface area contributed by atoms with Crippen LogP contribution in [0.5, 0.6) is 0 Å². The monoisotopic (exact) mass is 369 g/mol. The Kier molecular flexibility index (Phi) is 6.02. The molecule has 1 fully saturated rings. The predicted molar refractivity (Wildman–Crippen MR) is 107 cm³/mol. The summed E-state index contributed by atoms with van der Waals surface area (Å²) in [6, 6.07) is 12.8. The molecule has 138 valence electrons. The second-order valence-corrected chi connectivity index (χ2v) is 8.60. The van der Waals surface area contributed by atoms with Crippen molar-refractivity contribution in [3.8, 4) is 17.3 Å². The highest BCUT2D eigenvalue weighted by Gasteiger charge is 2.27. The summed E-state index contributed by atoms with van der Waals surface area (Å²) < 4.78 is 6.92. The minimum atomic E-state index is 0.0975. The first-order chi connectivity index (χ1) is 12.5. The van der Waals surface area contributed by atoms with Gasteiger partial charge in [-0.15, -0.1) is 0 Å². The highest BCUT2D eigenvalue weighted by Crippen LogP contribution is 2.36. The minimum Gasteiger partial charge on any atom is -0.280 e. The fourth-order valence-corrected chi connectivity index (χ4v) is 4.10. The van der Waals surface area contributed by atoms with Gasteiger partial charge in [-0.3, -0.25) is 5.10 Å². The fourth-order valence-electron chi connectivity index (χ4n) is 3.33. The Morgan fingerprint density at radius 2 is 1.85 bits per heavy atom. The Morgan fingerprint density at radius 1 is 1.15 bits per heavy atom. The van der Waals surface area contributed by atoms with Crippen molar-refractivity contribution >= 4 is 12.1 Å². The zero-order valence-electron chi connectivity index (χ0n) is 15.7. The summed E-state index contributed by atoms with van der Waals surface area (Å²) in [6.07, 6.45) is 4.35. The molecule has 0 amide bonds. The molecule has 0 aliphatic heterocycles. The standard InChI is InChI=1S/C20H27N5S/c1-20(2,3)25-26-24-16-11-9-15(10-12-16)19-17(13-21)18(22-23-19)14-7-5-4-6-8-14/h4-8,15-16,24-25H,9-12H2,1-3H3,(H,22,23). The predicted octanol–water partition coefficient (Wildman–Crippen LogP) is 4.52. The van der Waals surface area contributed by atoms with Gasteiger partial charge < -0.3 is 0 Å². The zero-order chi connectivity index (χ0) is 18.6. The van der Waals surface area contributed by atoms with E-state index in [1.165, 1.54) is 0 Å². The van der Waals surface area contributed by atoms with Crippen molar-refractivity contribution in [3.63, 3.8) is 0 Å². The first-order valence-electron chi connectivity index (χ1n) is 9.20. The largest absolute Gasteiger partial charge is 0.280 e. The molecule has 2 aromatic rings. The third-order valence-corrected chi connectivity index (χ3v) is 5.84. The number of nitriles is 1. The van der Waals surface area contributed by atoms with E-state index in [0.717, 1.165) is 42.6 Å². The van der Waals surface area contributed by atoms with Crippen LogP contribution in [0.3, 0.4) is 0 Å². The van der Waals surface area contributed by atoms with Gasteiger partial charge in [-0.25, -0.2) is 9.44 Å². The molecule has 1 saturated carbocycles. The van der Waals surface area contributed by atoms with Gasteiger partial charge in [-0.2, -0.15) is 10.4 Å². The normalized spacial score (nSPS) is 20.7. The van der Waals surface area contributed by atoms with Crippen LogP contribution in [0.4, 0.5) is 0 Å². The molecule has 0 spiro atoms.